The molecule has 14 heavy (non-hydrogen) atoms. The SMILES string of the molecule is CN1c2ccccc2N2CCCCC12. The lowest BCUT2D eigenvalue weighted by Crippen LogP contribution is -2.44. The summed E-state index contributed by atoms with van der Waals surface area (Å²) >= 11 is 0. The Morgan fingerprint density at radius 2 is 1.93 bits per heavy atom. The number of rotatable bonds is 0. The van der Waals surface area contributed by atoms with Crippen LogP contribution in [0.3, 0.4) is 0 Å². The minimum absolute atomic E-state index is 0.626. The number of benzene rings is 1. The van der Waals surface area contributed by atoms with Crippen LogP contribution in [0.15, 0.2) is 24.3 Å². The summed E-state index contributed by atoms with van der Waals surface area (Å²) in [6.45, 7) is 1.23. The molecule has 0 spiro atoms. The van der Waals surface area contributed by atoms with Crippen molar-refractivity contribution in [2.24, 2.45) is 0 Å². The molecule has 1 aromatic rings. The molecule has 1 aromatic carbocycles. The van der Waals surface area contributed by atoms with E-state index < -0.39 is 0 Å². The number of nitrogens with zero attached hydrogens (tertiary/aromatic N) is 2. The summed E-state index contributed by atoms with van der Waals surface area (Å²) in [5, 5.41) is 0. The second kappa shape index (κ2) is 2.91. The second-order valence-electron chi connectivity index (χ2n) is 4.27. The summed E-state index contributed by atoms with van der Waals surface area (Å²) < 4.78 is 0. The van der Waals surface area contributed by atoms with Gasteiger partial charge in [-0.1, -0.05) is 12.1 Å². The van der Waals surface area contributed by atoms with Gasteiger partial charge in [0.15, 0.2) is 0 Å². The zero-order valence-corrected chi connectivity index (χ0v) is 8.61. The highest BCUT2D eigenvalue weighted by Crippen LogP contribution is 2.41. The van der Waals surface area contributed by atoms with E-state index in [0.29, 0.717) is 6.17 Å². The van der Waals surface area contributed by atoms with Crippen molar-refractivity contribution in [3.05, 3.63) is 24.3 Å². The molecule has 1 unspecified atom stereocenters. The van der Waals surface area contributed by atoms with E-state index in [0.717, 1.165) is 0 Å². The summed E-state index contributed by atoms with van der Waals surface area (Å²) in [4.78, 5) is 4.98. The third-order valence-corrected chi connectivity index (χ3v) is 3.49. The van der Waals surface area contributed by atoms with Gasteiger partial charge in [0.05, 0.1) is 11.4 Å². The molecule has 2 aliphatic heterocycles. The van der Waals surface area contributed by atoms with Crippen LogP contribution < -0.4 is 9.80 Å². The van der Waals surface area contributed by atoms with Crippen LogP contribution in [0.2, 0.25) is 0 Å². The first-order valence-electron chi connectivity index (χ1n) is 5.46. The fourth-order valence-electron chi connectivity index (χ4n) is 2.76. The zero-order valence-electron chi connectivity index (χ0n) is 8.61. The molecule has 0 aliphatic carbocycles. The van der Waals surface area contributed by atoms with Crippen LogP contribution in [-0.4, -0.2) is 19.8 Å². The lowest BCUT2D eigenvalue weighted by Gasteiger charge is -2.34. The van der Waals surface area contributed by atoms with Crippen LogP contribution in [0.4, 0.5) is 11.4 Å². The molecule has 2 heteroatoms. The van der Waals surface area contributed by atoms with Crippen molar-refractivity contribution >= 4 is 11.4 Å². The Kier molecular flexibility index (Phi) is 1.69. The molecule has 2 nitrogen and oxygen atoms in total. The molecule has 2 heterocycles. The van der Waals surface area contributed by atoms with Gasteiger partial charge in [-0.3, -0.25) is 0 Å². The number of hydrogen-bond donors (Lipinski definition) is 0. The molecule has 0 N–H and O–H groups in total. The summed E-state index contributed by atoms with van der Waals surface area (Å²) in [6, 6.07) is 8.75. The number of hydrogen-bond acceptors (Lipinski definition) is 2. The normalized spacial score (nSPS) is 24.8. The van der Waals surface area contributed by atoms with Crippen LogP contribution in [0.25, 0.3) is 0 Å². The molecule has 1 fully saturated rings. The average Bonchev–Trinajstić information content (AvgIpc) is 2.55. The Morgan fingerprint density at radius 1 is 1.14 bits per heavy atom. The van der Waals surface area contributed by atoms with E-state index in [2.05, 4.69) is 41.1 Å². The van der Waals surface area contributed by atoms with E-state index in [-0.39, 0.29) is 0 Å². The van der Waals surface area contributed by atoms with Crippen molar-refractivity contribution in [2.75, 3.05) is 23.4 Å². The van der Waals surface area contributed by atoms with Crippen molar-refractivity contribution in [2.45, 2.75) is 25.4 Å². The molecule has 2 aliphatic rings. The lowest BCUT2D eigenvalue weighted by atomic mass is 10.1. The second-order valence-corrected chi connectivity index (χ2v) is 4.27. The molecular formula is C12H16N2. The van der Waals surface area contributed by atoms with E-state index in [1.807, 2.05) is 0 Å². The first kappa shape index (κ1) is 8.16. The Labute approximate surface area is 85.1 Å². The molecule has 74 valence electrons. The molecule has 1 atom stereocenters. The largest absolute Gasteiger partial charge is 0.353 e. The molecule has 0 bridgehead atoms. The van der Waals surface area contributed by atoms with Gasteiger partial charge in [-0.15, -0.1) is 0 Å². The van der Waals surface area contributed by atoms with Crippen molar-refractivity contribution in [3.8, 4) is 0 Å². The third-order valence-electron chi connectivity index (χ3n) is 3.49. The molecule has 0 radical (unpaired) electrons. The van der Waals surface area contributed by atoms with Gasteiger partial charge in [-0.2, -0.15) is 0 Å². The molecule has 0 saturated carbocycles. The quantitative estimate of drug-likeness (QED) is 0.617. The van der Waals surface area contributed by atoms with Gasteiger partial charge >= 0.3 is 0 Å². The predicted octanol–water partition coefficient (Wildman–Crippen LogP) is 2.45. The molecule has 0 aromatic heterocycles. The summed E-state index contributed by atoms with van der Waals surface area (Å²) in [5.74, 6) is 0. The smallest absolute Gasteiger partial charge is 0.101 e. The molecule has 0 amide bonds. The van der Waals surface area contributed by atoms with Gasteiger partial charge in [0.2, 0.25) is 0 Å². The van der Waals surface area contributed by atoms with Crippen LogP contribution in [0.1, 0.15) is 19.3 Å². The number of para-hydroxylation sites is 2. The standard InChI is InChI=1S/C12H16N2/c1-13-10-6-2-3-7-11(10)14-9-5-4-8-12(13)14/h2-3,6-7,12H,4-5,8-9H2,1H3. The van der Waals surface area contributed by atoms with Crippen LogP contribution >= 0.6 is 0 Å². The fourth-order valence-corrected chi connectivity index (χ4v) is 2.76. The maximum Gasteiger partial charge on any atom is 0.101 e. The van der Waals surface area contributed by atoms with Crippen LogP contribution in [-0.2, 0) is 0 Å². The van der Waals surface area contributed by atoms with Crippen molar-refractivity contribution in [3.63, 3.8) is 0 Å². The van der Waals surface area contributed by atoms with E-state index >= 15 is 0 Å². The Balaban J connectivity index is 2.06. The highest BCUT2D eigenvalue weighted by molar-refractivity contribution is 5.77. The maximum absolute atomic E-state index is 2.55. The molecular weight excluding hydrogens is 172 g/mol. The Bertz CT molecular complexity index is 348. The highest BCUT2D eigenvalue weighted by Gasteiger charge is 2.34. The van der Waals surface area contributed by atoms with Crippen LogP contribution in [0.5, 0.6) is 0 Å². The Morgan fingerprint density at radius 3 is 2.79 bits per heavy atom. The summed E-state index contributed by atoms with van der Waals surface area (Å²) in [5.41, 5.74) is 2.83. The number of anilines is 2. The van der Waals surface area contributed by atoms with E-state index in [4.69, 9.17) is 0 Å². The van der Waals surface area contributed by atoms with Crippen molar-refractivity contribution in [1.29, 1.82) is 0 Å². The van der Waals surface area contributed by atoms with Crippen molar-refractivity contribution < 1.29 is 0 Å². The number of fused-ring (bicyclic) bond motifs is 3. The molecule has 3 rings (SSSR count). The minimum Gasteiger partial charge on any atom is -0.353 e. The topological polar surface area (TPSA) is 6.48 Å². The third kappa shape index (κ3) is 0.969. The van der Waals surface area contributed by atoms with Gasteiger partial charge in [0.1, 0.15) is 6.17 Å². The summed E-state index contributed by atoms with van der Waals surface area (Å²) in [6.07, 6.45) is 4.66. The Hall–Kier alpha value is -1.18. The van der Waals surface area contributed by atoms with E-state index in [1.165, 1.54) is 37.2 Å². The lowest BCUT2D eigenvalue weighted by molar-refractivity contribution is 0.473. The highest BCUT2D eigenvalue weighted by atomic mass is 15.4. The first-order valence-corrected chi connectivity index (χ1v) is 5.46. The van der Waals surface area contributed by atoms with Crippen molar-refractivity contribution in [1.82, 2.24) is 0 Å². The monoisotopic (exact) mass is 188 g/mol. The molecule has 1 saturated heterocycles. The van der Waals surface area contributed by atoms with Gasteiger partial charge in [0, 0.05) is 13.6 Å². The first-order chi connectivity index (χ1) is 6.88. The minimum atomic E-state index is 0.626. The summed E-state index contributed by atoms with van der Waals surface area (Å²) in [7, 11) is 2.22. The average molecular weight is 188 g/mol. The predicted molar refractivity (Wildman–Crippen MR) is 59.8 cm³/mol. The van der Waals surface area contributed by atoms with E-state index in [9.17, 15) is 0 Å². The van der Waals surface area contributed by atoms with Gasteiger partial charge in [-0.05, 0) is 31.4 Å². The van der Waals surface area contributed by atoms with Gasteiger partial charge in [-0.25, -0.2) is 0 Å². The maximum atomic E-state index is 2.55. The zero-order chi connectivity index (χ0) is 9.54. The fraction of sp³-hybridized carbons (Fsp3) is 0.500. The van der Waals surface area contributed by atoms with E-state index in [1.54, 1.807) is 0 Å². The van der Waals surface area contributed by atoms with Gasteiger partial charge < -0.3 is 9.80 Å². The van der Waals surface area contributed by atoms with Gasteiger partial charge in [0.25, 0.3) is 0 Å². The number of piperidine rings is 1. The van der Waals surface area contributed by atoms with Crippen LogP contribution in [0, 0.1) is 0 Å².